The van der Waals surface area contributed by atoms with E-state index >= 15 is 0 Å². The van der Waals surface area contributed by atoms with Gasteiger partial charge in [-0.1, -0.05) is 30.3 Å². The lowest BCUT2D eigenvalue weighted by Gasteiger charge is -2.23. The summed E-state index contributed by atoms with van der Waals surface area (Å²) in [5.74, 6) is -0.465. The molecule has 0 spiro atoms. The van der Waals surface area contributed by atoms with Gasteiger partial charge < -0.3 is 5.32 Å². The monoisotopic (exact) mass is 388 g/mol. The van der Waals surface area contributed by atoms with Crippen molar-refractivity contribution in [3.63, 3.8) is 0 Å². The van der Waals surface area contributed by atoms with Crippen molar-refractivity contribution in [1.29, 1.82) is 0 Å². The summed E-state index contributed by atoms with van der Waals surface area (Å²) in [7, 11) is 0. The van der Waals surface area contributed by atoms with E-state index in [2.05, 4.69) is 5.32 Å². The molecule has 0 aromatic heterocycles. The fourth-order valence-corrected chi connectivity index (χ4v) is 3.95. The maximum atomic E-state index is 13.0. The van der Waals surface area contributed by atoms with Crippen LogP contribution in [0, 0.1) is 0 Å². The third-order valence-corrected chi connectivity index (χ3v) is 5.55. The van der Waals surface area contributed by atoms with Crippen molar-refractivity contribution in [2.24, 2.45) is 0 Å². The Labute approximate surface area is 160 Å². The molecule has 7 heteroatoms. The number of carbonyl (C=O) groups excluding carboxylic acids is 2. The zero-order valence-electron chi connectivity index (χ0n) is 15.3. The normalized spacial score (nSPS) is 21.8. The standard InChI is InChI=1S/C21H19F3N2O2/c1-20(16-9-8-14-5-3-6-15(14)11-16)18(27)26(19(28)25-20)12-13-4-2-7-17(10-13)21(22,23)24/h2,4,7-11H,3,5-6,12H2,1H3,(H,25,28)/t20-/m0/s1. The molecular weight excluding hydrogens is 369 g/mol. The maximum Gasteiger partial charge on any atom is 0.416 e. The number of nitrogens with one attached hydrogen (secondary N) is 1. The van der Waals surface area contributed by atoms with Gasteiger partial charge in [0.05, 0.1) is 12.1 Å². The highest BCUT2D eigenvalue weighted by molar-refractivity contribution is 6.07. The highest BCUT2D eigenvalue weighted by Gasteiger charge is 2.49. The number of imide groups is 1. The van der Waals surface area contributed by atoms with Crippen LogP contribution in [0.25, 0.3) is 0 Å². The molecule has 1 aliphatic heterocycles. The van der Waals surface area contributed by atoms with Crippen LogP contribution in [0.3, 0.4) is 0 Å². The largest absolute Gasteiger partial charge is 0.416 e. The molecule has 0 saturated carbocycles. The summed E-state index contributed by atoms with van der Waals surface area (Å²) in [5.41, 5.74) is 1.34. The van der Waals surface area contributed by atoms with Gasteiger partial charge in [-0.25, -0.2) is 4.79 Å². The zero-order chi connectivity index (χ0) is 20.1. The van der Waals surface area contributed by atoms with Crippen molar-refractivity contribution < 1.29 is 22.8 Å². The summed E-state index contributed by atoms with van der Waals surface area (Å²) in [6, 6.07) is 9.85. The molecule has 0 unspecified atom stereocenters. The van der Waals surface area contributed by atoms with E-state index in [0.717, 1.165) is 36.3 Å². The molecule has 4 nitrogen and oxygen atoms in total. The minimum Gasteiger partial charge on any atom is -0.319 e. The van der Waals surface area contributed by atoms with Crippen molar-refractivity contribution in [3.8, 4) is 0 Å². The van der Waals surface area contributed by atoms with Crippen molar-refractivity contribution in [1.82, 2.24) is 10.2 Å². The van der Waals surface area contributed by atoms with E-state index in [1.165, 1.54) is 23.3 Å². The van der Waals surface area contributed by atoms with Gasteiger partial charge in [0.15, 0.2) is 0 Å². The molecule has 1 N–H and O–H groups in total. The Balaban J connectivity index is 1.61. The lowest BCUT2D eigenvalue weighted by atomic mass is 9.89. The van der Waals surface area contributed by atoms with Crippen molar-refractivity contribution >= 4 is 11.9 Å². The number of urea groups is 1. The van der Waals surface area contributed by atoms with Crippen LogP contribution in [-0.2, 0) is 35.9 Å². The Morgan fingerprint density at radius 1 is 1.07 bits per heavy atom. The van der Waals surface area contributed by atoms with Crippen LogP contribution in [0.15, 0.2) is 42.5 Å². The number of amides is 3. The van der Waals surface area contributed by atoms with Gasteiger partial charge in [0.25, 0.3) is 5.91 Å². The highest BCUT2D eigenvalue weighted by Crippen LogP contribution is 2.34. The second-order valence-corrected chi connectivity index (χ2v) is 7.48. The zero-order valence-corrected chi connectivity index (χ0v) is 15.3. The van der Waals surface area contributed by atoms with Gasteiger partial charge >= 0.3 is 12.2 Å². The third-order valence-electron chi connectivity index (χ3n) is 5.55. The first-order valence-electron chi connectivity index (χ1n) is 9.11. The van der Waals surface area contributed by atoms with Gasteiger partial charge in [0.1, 0.15) is 5.54 Å². The van der Waals surface area contributed by atoms with Gasteiger partial charge in [-0.05, 0) is 60.6 Å². The number of hydrogen-bond acceptors (Lipinski definition) is 2. The average molecular weight is 388 g/mol. The van der Waals surface area contributed by atoms with Crippen LogP contribution in [-0.4, -0.2) is 16.8 Å². The molecule has 4 rings (SSSR count). The number of halogens is 3. The summed E-state index contributed by atoms with van der Waals surface area (Å²) in [6.07, 6.45) is -1.46. The van der Waals surface area contributed by atoms with Crippen LogP contribution in [0.4, 0.5) is 18.0 Å². The molecule has 2 aromatic rings. The predicted octanol–water partition coefficient (Wildman–Crippen LogP) is 4.16. The summed E-state index contributed by atoms with van der Waals surface area (Å²) in [5, 5.41) is 2.72. The van der Waals surface area contributed by atoms with Crippen LogP contribution in [0.1, 0.15) is 41.2 Å². The SMILES string of the molecule is C[C@@]1(c2ccc3c(c2)CCC3)NC(=O)N(Cc2cccc(C(F)(F)F)c2)C1=O. The topological polar surface area (TPSA) is 49.4 Å². The van der Waals surface area contributed by atoms with Gasteiger partial charge in [-0.3, -0.25) is 9.69 Å². The van der Waals surface area contributed by atoms with E-state index in [1.54, 1.807) is 6.92 Å². The number of nitrogens with zero attached hydrogens (tertiary/aromatic N) is 1. The molecule has 1 atom stereocenters. The molecule has 1 saturated heterocycles. The molecule has 2 aromatic carbocycles. The number of aryl methyl sites for hydroxylation is 2. The molecule has 28 heavy (non-hydrogen) atoms. The predicted molar refractivity (Wildman–Crippen MR) is 96.3 cm³/mol. The summed E-state index contributed by atoms with van der Waals surface area (Å²) in [6.45, 7) is 1.42. The molecule has 1 fully saturated rings. The number of rotatable bonds is 3. The minimum atomic E-state index is -4.48. The van der Waals surface area contributed by atoms with Crippen LogP contribution in [0.2, 0.25) is 0 Å². The number of hydrogen-bond donors (Lipinski definition) is 1. The van der Waals surface area contributed by atoms with E-state index in [0.29, 0.717) is 5.56 Å². The maximum absolute atomic E-state index is 13.0. The third kappa shape index (κ3) is 3.04. The number of fused-ring (bicyclic) bond motifs is 1. The second-order valence-electron chi connectivity index (χ2n) is 7.48. The first-order valence-corrected chi connectivity index (χ1v) is 9.11. The Kier molecular flexibility index (Phi) is 4.21. The van der Waals surface area contributed by atoms with E-state index in [-0.39, 0.29) is 12.1 Å². The second kappa shape index (κ2) is 6.36. The lowest BCUT2D eigenvalue weighted by molar-refractivity contribution is -0.137. The molecule has 2 aliphatic rings. The van der Waals surface area contributed by atoms with Crippen LogP contribution < -0.4 is 5.32 Å². The fraction of sp³-hybridized carbons (Fsp3) is 0.333. The van der Waals surface area contributed by atoms with Crippen LogP contribution in [0.5, 0.6) is 0 Å². The Bertz CT molecular complexity index is 970. The summed E-state index contributed by atoms with van der Waals surface area (Å²) in [4.78, 5) is 26.5. The fourth-order valence-electron chi connectivity index (χ4n) is 3.95. The van der Waals surface area contributed by atoms with Gasteiger partial charge in [-0.15, -0.1) is 0 Å². The quantitative estimate of drug-likeness (QED) is 0.803. The average Bonchev–Trinajstić information content (AvgIpc) is 3.20. The molecular formula is C21H19F3N2O2. The van der Waals surface area contributed by atoms with Crippen molar-refractivity contribution in [2.45, 2.75) is 44.4 Å². The van der Waals surface area contributed by atoms with Gasteiger partial charge in [0.2, 0.25) is 0 Å². The van der Waals surface area contributed by atoms with Crippen molar-refractivity contribution in [3.05, 3.63) is 70.3 Å². The molecule has 1 aliphatic carbocycles. The summed E-state index contributed by atoms with van der Waals surface area (Å²) >= 11 is 0. The van der Waals surface area contributed by atoms with E-state index in [1.807, 2.05) is 18.2 Å². The minimum absolute atomic E-state index is 0.213. The first-order chi connectivity index (χ1) is 13.2. The van der Waals surface area contributed by atoms with E-state index in [4.69, 9.17) is 0 Å². The first kappa shape index (κ1) is 18.5. The summed E-state index contributed by atoms with van der Waals surface area (Å²) < 4.78 is 38.8. The molecule has 0 bridgehead atoms. The number of alkyl halides is 3. The Hall–Kier alpha value is -2.83. The molecule has 3 amide bonds. The van der Waals surface area contributed by atoms with Gasteiger partial charge in [0, 0.05) is 0 Å². The Morgan fingerprint density at radius 2 is 1.82 bits per heavy atom. The Morgan fingerprint density at radius 3 is 2.57 bits per heavy atom. The molecule has 0 radical (unpaired) electrons. The smallest absolute Gasteiger partial charge is 0.319 e. The number of carbonyl (C=O) groups is 2. The van der Waals surface area contributed by atoms with Gasteiger partial charge in [-0.2, -0.15) is 13.2 Å². The van der Waals surface area contributed by atoms with E-state index in [9.17, 15) is 22.8 Å². The van der Waals surface area contributed by atoms with Crippen molar-refractivity contribution in [2.75, 3.05) is 0 Å². The number of benzene rings is 2. The molecule has 146 valence electrons. The van der Waals surface area contributed by atoms with Crippen LogP contribution >= 0.6 is 0 Å². The molecule has 1 heterocycles. The highest BCUT2D eigenvalue weighted by atomic mass is 19.4. The van der Waals surface area contributed by atoms with E-state index < -0.39 is 29.2 Å². The lowest BCUT2D eigenvalue weighted by Crippen LogP contribution is -2.40.